The molecular weight excluding hydrogens is 146 g/mol. The lowest BCUT2D eigenvalue weighted by molar-refractivity contribution is -0.118. The summed E-state index contributed by atoms with van der Waals surface area (Å²) in [6.07, 6.45) is -0.709. The lowest BCUT2D eigenvalue weighted by Crippen LogP contribution is -2.57. The molecule has 1 amide bonds. The van der Waals surface area contributed by atoms with Crippen LogP contribution in [0.2, 0.25) is 0 Å². The van der Waals surface area contributed by atoms with Gasteiger partial charge in [0.25, 0.3) is 5.91 Å². The molecule has 0 spiro atoms. The van der Waals surface area contributed by atoms with Gasteiger partial charge in [-0.3, -0.25) is 10.5 Å². The van der Waals surface area contributed by atoms with Crippen LogP contribution in [0.5, 0.6) is 0 Å². The topological polar surface area (TPSA) is 117 Å². The van der Waals surface area contributed by atoms with Crippen molar-refractivity contribution in [3.8, 4) is 6.07 Å². The lowest BCUT2D eigenvalue weighted by atomic mass is 10.2. The van der Waals surface area contributed by atoms with Crippen molar-refractivity contribution < 1.29 is 4.79 Å². The summed E-state index contributed by atoms with van der Waals surface area (Å²) in [6.45, 7) is 0. The molecule has 0 bridgehead atoms. The van der Waals surface area contributed by atoms with Crippen LogP contribution in [-0.4, -0.2) is 12.2 Å². The quantitative estimate of drug-likeness (QED) is 0.310. The van der Waals surface area contributed by atoms with Gasteiger partial charge in [0.1, 0.15) is 11.9 Å². The van der Waals surface area contributed by atoms with Gasteiger partial charge in [0.2, 0.25) is 0 Å². The fourth-order valence-electron chi connectivity index (χ4n) is 0.722. The number of carbonyl (C=O) groups excluding carboxylic acids is 1. The molecule has 1 unspecified atom stereocenters. The van der Waals surface area contributed by atoms with E-state index in [1.807, 2.05) is 0 Å². The number of nitriles is 1. The number of amides is 1. The number of nitrogens with one attached hydrogen (secondary N) is 2. The standard InChI is InChI=1S/C5H7N5O/c6-1-2-3(7)9-5(8)10-4(2)11/h5,9H,7-8H2,(H,10,11). The summed E-state index contributed by atoms with van der Waals surface area (Å²) < 4.78 is 0. The molecule has 1 rings (SSSR count). The van der Waals surface area contributed by atoms with Gasteiger partial charge in [-0.2, -0.15) is 5.26 Å². The maximum absolute atomic E-state index is 10.9. The second-order valence-corrected chi connectivity index (χ2v) is 2.00. The Labute approximate surface area is 62.8 Å². The van der Waals surface area contributed by atoms with Crippen LogP contribution in [0.1, 0.15) is 0 Å². The number of carbonyl (C=O) groups is 1. The molecule has 1 aliphatic rings. The van der Waals surface area contributed by atoms with Gasteiger partial charge in [0.15, 0.2) is 11.9 Å². The fraction of sp³-hybridized carbons (Fsp3) is 0.200. The Morgan fingerprint density at radius 2 is 2.18 bits per heavy atom. The largest absolute Gasteiger partial charge is 0.384 e. The molecule has 6 N–H and O–H groups in total. The third-order valence-corrected chi connectivity index (χ3v) is 1.21. The first-order valence-corrected chi connectivity index (χ1v) is 2.88. The highest BCUT2D eigenvalue weighted by molar-refractivity contribution is 5.98. The van der Waals surface area contributed by atoms with E-state index >= 15 is 0 Å². The van der Waals surface area contributed by atoms with Crippen molar-refractivity contribution in [1.29, 1.82) is 5.26 Å². The summed E-state index contributed by atoms with van der Waals surface area (Å²) in [7, 11) is 0. The van der Waals surface area contributed by atoms with Crippen LogP contribution in [0.15, 0.2) is 11.4 Å². The smallest absolute Gasteiger partial charge is 0.268 e. The predicted molar refractivity (Wildman–Crippen MR) is 36.1 cm³/mol. The molecule has 6 nitrogen and oxygen atoms in total. The Morgan fingerprint density at radius 3 is 2.64 bits per heavy atom. The van der Waals surface area contributed by atoms with Crippen LogP contribution in [-0.2, 0) is 4.79 Å². The van der Waals surface area contributed by atoms with Crippen LogP contribution in [0.25, 0.3) is 0 Å². The van der Waals surface area contributed by atoms with E-state index in [9.17, 15) is 4.79 Å². The number of nitrogens with two attached hydrogens (primary N) is 2. The average Bonchev–Trinajstić information content (AvgIpc) is 1.85. The predicted octanol–water partition coefficient (Wildman–Crippen LogP) is -2.36. The van der Waals surface area contributed by atoms with Gasteiger partial charge in [-0.05, 0) is 0 Å². The highest BCUT2D eigenvalue weighted by Gasteiger charge is 2.21. The van der Waals surface area contributed by atoms with Gasteiger partial charge in [-0.15, -0.1) is 0 Å². The molecule has 0 aliphatic carbocycles. The minimum absolute atomic E-state index is 0.0174. The molecule has 1 heterocycles. The van der Waals surface area contributed by atoms with Gasteiger partial charge >= 0.3 is 0 Å². The average molecular weight is 153 g/mol. The van der Waals surface area contributed by atoms with E-state index in [0.29, 0.717) is 0 Å². The highest BCUT2D eigenvalue weighted by atomic mass is 16.2. The van der Waals surface area contributed by atoms with Crippen molar-refractivity contribution in [2.75, 3.05) is 0 Å². The summed E-state index contributed by atoms with van der Waals surface area (Å²) in [5.74, 6) is -0.528. The van der Waals surface area contributed by atoms with Gasteiger partial charge in [-0.25, -0.2) is 0 Å². The van der Waals surface area contributed by atoms with Gasteiger partial charge < -0.3 is 16.4 Å². The zero-order valence-corrected chi connectivity index (χ0v) is 5.59. The lowest BCUT2D eigenvalue weighted by Gasteiger charge is -2.21. The molecule has 0 aromatic rings. The summed E-state index contributed by atoms with van der Waals surface area (Å²) in [4.78, 5) is 10.9. The van der Waals surface area contributed by atoms with Crippen LogP contribution in [0.3, 0.4) is 0 Å². The fourth-order valence-corrected chi connectivity index (χ4v) is 0.722. The van der Waals surface area contributed by atoms with Crippen LogP contribution in [0.4, 0.5) is 0 Å². The summed E-state index contributed by atoms with van der Waals surface area (Å²) in [6, 6.07) is 1.65. The Kier molecular flexibility index (Phi) is 1.66. The molecule has 0 aromatic heterocycles. The summed E-state index contributed by atoms with van der Waals surface area (Å²) in [5.41, 5.74) is 10.4. The van der Waals surface area contributed by atoms with Gasteiger partial charge in [0, 0.05) is 0 Å². The molecule has 1 atom stereocenters. The highest BCUT2D eigenvalue weighted by Crippen LogP contribution is 1.99. The van der Waals surface area contributed by atoms with Crippen molar-refractivity contribution in [3.05, 3.63) is 11.4 Å². The van der Waals surface area contributed by atoms with Crippen molar-refractivity contribution in [1.82, 2.24) is 10.6 Å². The third kappa shape index (κ3) is 1.22. The normalized spacial score (nSPS) is 23.6. The maximum atomic E-state index is 10.9. The van der Waals surface area contributed by atoms with E-state index in [1.165, 1.54) is 0 Å². The van der Waals surface area contributed by atoms with Gasteiger partial charge in [0.05, 0.1) is 0 Å². The number of hydrogen-bond donors (Lipinski definition) is 4. The minimum atomic E-state index is -0.709. The molecule has 58 valence electrons. The molecule has 11 heavy (non-hydrogen) atoms. The second-order valence-electron chi connectivity index (χ2n) is 2.00. The Bertz CT molecular complexity index is 263. The van der Waals surface area contributed by atoms with E-state index in [-0.39, 0.29) is 11.4 Å². The van der Waals surface area contributed by atoms with Crippen LogP contribution < -0.4 is 22.1 Å². The van der Waals surface area contributed by atoms with E-state index in [0.717, 1.165) is 0 Å². The molecule has 0 radical (unpaired) electrons. The van der Waals surface area contributed by atoms with Crippen molar-refractivity contribution >= 4 is 5.91 Å². The Hall–Kier alpha value is -1.74. The van der Waals surface area contributed by atoms with Gasteiger partial charge in [-0.1, -0.05) is 0 Å². The molecule has 0 saturated carbocycles. The number of rotatable bonds is 0. The third-order valence-electron chi connectivity index (χ3n) is 1.21. The first kappa shape index (κ1) is 7.37. The van der Waals surface area contributed by atoms with Crippen LogP contribution in [0, 0.1) is 11.3 Å². The molecule has 0 saturated heterocycles. The Morgan fingerprint density at radius 1 is 1.55 bits per heavy atom. The van der Waals surface area contributed by atoms with Crippen molar-refractivity contribution in [2.24, 2.45) is 11.5 Å². The molecule has 6 heteroatoms. The monoisotopic (exact) mass is 153 g/mol. The minimum Gasteiger partial charge on any atom is -0.384 e. The Balaban J connectivity index is 2.97. The molecule has 1 aliphatic heterocycles. The zero-order valence-electron chi connectivity index (χ0n) is 5.59. The summed E-state index contributed by atoms with van der Waals surface area (Å²) in [5, 5.41) is 13.2. The summed E-state index contributed by atoms with van der Waals surface area (Å²) >= 11 is 0. The van der Waals surface area contributed by atoms with Crippen molar-refractivity contribution in [3.63, 3.8) is 0 Å². The number of nitrogens with zero attached hydrogens (tertiary/aromatic N) is 1. The SMILES string of the molecule is N#CC1=C(N)NC(N)NC1=O. The van der Waals surface area contributed by atoms with E-state index in [2.05, 4.69) is 10.6 Å². The first-order chi connectivity index (χ1) is 5.15. The van der Waals surface area contributed by atoms with E-state index < -0.39 is 12.2 Å². The molecular formula is C5H7N5O. The zero-order chi connectivity index (χ0) is 8.43. The second kappa shape index (κ2) is 2.48. The molecule has 0 aromatic carbocycles. The van der Waals surface area contributed by atoms with E-state index in [1.54, 1.807) is 6.07 Å². The maximum Gasteiger partial charge on any atom is 0.268 e. The van der Waals surface area contributed by atoms with Crippen molar-refractivity contribution in [2.45, 2.75) is 6.29 Å². The van der Waals surface area contributed by atoms with Crippen LogP contribution >= 0.6 is 0 Å². The van der Waals surface area contributed by atoms with E-state index in [4.69, 9.17) is 16.7 Å². The first-order valence-electron chi connectivity index (χ1n) is 2.88. The molecule has 0 fully saturated rings. The number of hydrogen-bond acceptors (Lipinski definition) is 5.